The van der Waals surface area contributed by atoms with Crippen LogP contribution in [0, 0.1) is 11.3 Å². The Labute approximate surface area is 151 Å². The summed E-state index contributed by atoms with van der Waals surface area (Å²) in [5.74, 6) is 0. The third-order valence-corrected chi connectivity index (χ3v) is 4.75. The Bertz CT molecular complexity index is 1210. The van der Waals surface area contributed by atoms with E-state index in [4.69, 9.17) is 5.26 Å². The van der Waals surface area contributed by atoms with Crippen molar-refractivity contribution in [1.82, 2.24) is 8.97 Å². The lowest BCUT2D eigenvalue weighted by Crippen LogP contribution is -2.40. The molecule has 0 radical (unpaired) electrons. The van der Waals surface area contributed by atoms with Crippen molar-refractivity contribution in [2.45, 2.75) is 26.4 Å². The van der Waals surface area contributed by atoms with Crippen LogP contribution in [0.3, 0.4) is 0 Å². The second kappa shape index (κ2) is 6.49. The van der Waals surface area contributed by atoms with Gasteiger partial charge in [0.25, 0.3) is 5.65 Å². The number of benzene rings is 1. The molecule has 3 aromatic heterocycles. The van der Waals surface area contributed by atoms with Gasteiger partial charge in [0.05, 0.1) is 18.7 Å². The number of pyridine rings is 1. The maximum absolute atomic E-state index is 13.2. The topological polar surface area (TPSA) is 54.1 Å². The van der Waals surface area contributed by atoms with Crippen molar-refractivity contribution in [3.63, 3.8) is 0 Å². The van der Waals surface area contributed by atoms with Gasteiger partial charge >= 0.3 is 5.56 Å². The Morgan fingerprint density at radius 1 is 1.12 bits per heavy atom. The van der Waals surface area contributed by atoms with Crippen LogP contribution in [-0.4, -0.2) is 8.97 Å². The van der Waals surface area contributed by atoms with Crippen LogP contribution in [0.5, 0.6) is 0 Å². The van der Waals surface area contributed by atoms with Gasteiger partial charge in [-0.25, -0.2) is 9.36 Å². The minimum absolute atomic E-state index is 0.0483. The Hall–Kier alpha value is -3.39. The van der Waals surface area contributed by atoms with E-state index in [1.54, 1.807) is 10.6 Å². The molecule has 0 aliphatic rings. The molecule has 3 heterocycles. The zero-order chi connectivity index (χ0) is 18.1. The summed E-state index contributed by atoms with van der Waals surface area (Å²) in [5, 5.41) is 10.0. The van der Waals surface area contributed by atoms with E-state index in [0.29, 0.717) is 18.5 Å². The zero-order valence-corrected chi connectivity index (χ0v) is 14.6. The molecule has 0 unspecified atom stereocenters. The molecular weight excluding hydrogens is 324 g/mol. The summed E-state index contributed by atoms with van der Waals surface area (Å²) in [6, 6.07) is 16.0. The first-order valence-corrected chi connectivity index (χ1v) is 8.73. The molecule has 0 aliphatic heterocycles. The highest BCUT2D eigenvalue weighted by molar-refractivity contribution is 5.95. The van der Waals surface area contributed by atoms with Crippen molar-refractivity contribution >= 4 is 16.6 Å². The lowest BCUT2D eigenvalue weighted by Gasteiger charge is -2.05. The number of aryl methyl sites for hydroxylation is 2. The van der Waals surface area contributed by atoms with Gasteiger partial charge < -0.3 is 4.57 Å². The summed E-state index contributed by atoms with van der Waals surface area (Å²) < 4.78 is 5.80. The molecule has 0 saturated heterocycles. The van der Waals surface area contributed by atoms with Crippen LogP contribution >= 0.6 is 0 Å². The molecule has 0 amide bonds. The quantitative estimate of drug-likeness (QED) is 0.535. The molecule has 0 fully saturated rings. The molecule has 0 saturated carbocycles. The van der Waals surface area contributed by atoms with Crippen molar-refractivity contribution < 1.29 is 4.57 Å². The molecule has 5 nitrogen and oxygen atoms in total. The first kappa shape index (κ1) is 16.1. The number of hydrogen-bond donors (Lipinski definition) is 0. The van der Waals surface area contributed by atoms with Gasteiger partial charge in [0.15, 0.2) is 0 Å². The Morgan fingerprint density at radius 3 is 2.73 bits per heavy atom. The molecule has 0 N–H and O–H groups in total. The lowest BCUT2D eigenvalue weighted by atomic mass is 10.1. The summed E-state index contributed by atoms with van der Waals surface area (Å²) in [6.07, 6.45) is 6.11. The average Bonchev–Trinajstić information content (AvgIpc) is 3.06. The number of rotatable bonds is 4. The Kier molecular flexibility index (Phi) is 4.02. The van der Waals surface area contributed by atoms with E-state index in [-0.39, 0.29) is 5.56 Å². The summed E-state index contributed by atoms with van der Waals surface area (Å²) in [4.78, 5) is 13.2. The van der Waals surface area contributed by atoms with Gasteiger partial charge in [-0.3, -0.25) is 0 Å². The third kappa shape index (κ3) is 2.47. The Morgan fingerprint density at radius 2 is 1.92 bits per heavy atom. The van der Waals surface area contributed by atoms with Crippen molar-refractivity contribution in [3.05, 3.63) is 71.4 Å². The second-order valence-corrected chi connectivity index (χ2v) is 6.22. The number of nitrogens with zero attached hydrogens (tertiary/aromatic N) is 4. The van der Waals surface area contributed by atoms with Gasteiger partial charge in [-0.2, -0.15) is 9.66 Å². The molecule has 0 bridgehead atoms. The fraction of sp³-hybridized carbons (Fsp3) is 0.190. The maximum atomic E-state index is 13.2. The monoisotopic (exact) mass is 343 g/mol. The molecule has 26 heavy (non-hydrogen) atoms. The minimum Gasteiger partial charge on any atom is -0.347 e. The van der Waals surface area contributed by atoms with Crippen LogP contribution in [0.25, 0.3) is 27.7 Å². The molecule has 4 rings (SSSR count). The van der Waals surface area contributed by atoms with Crippen molar-refractivity contribution in [2.75, 3.05) is 0 Å². The minimum atomic E-state index is -0.0483. The molecule has 1 aromatic carbocycles. The van der Waals surface area contributed by atoms with Crippen molar-refractivity contribution in [3.8, 4) is 17.2 Å². The molecule has 128 valence electrons. The highest BCUT2D eigenvalue weighted by Gasteiger charge is 2.20. The molecule has 5 heteroatoms. The van der Waals surface area contributed by atoms with E-state index in [1.807, 2.05) is 47.3 Å². The normalized spacial score (nSPS) is 11.1. The lowest BCUT2D eigenvalue weighted by molar-refractivity contribution is -0.673. The first-order chi connectivity index (χ1) is 12.7. The predicted molar refractivity (Wildman–Crippen MR) is 101 cm³/mol. The summed E-state index contributed by atoms with van der Waals surface area (Å²) in [7, 11) is 0. The summed E-state index contributed by atoms with van der Waals surface area (Å²) in [5.41, 5.74) is 3.43. The van der Waals surface area contributed by atoms with E-state index in [2.05, 4.69) is 29.7 Å². The highest BCUT2D eigenvalue weighted by atomic mass is 16.1. The van der Waals surface area contributed by atoms with Crippen molar-refractivity contribution in [2.24, 2.45) is 0 Å². The largest absolute Gasteiger partial charge is 0.350 e. The number of nitriles is 1. The fourth-order valence-corrected chi connectivity index (χ4v) is 3.50. The smallest absolute Gasteiger partial charge is 0.347 e. The van der Waals surface area contributed by atoms with Crippen LogP contribution in [0.4, 0.5) is 0 Å². The average molecular weight is 343 g/mol. The van der Waals surface area contributed by atoms with Crippen molar-refractivity contribution in [1.29, 1.82) is 5.26 Å². The van der Waals surface area contributed by atoms with Crippen LogP contribution in [0.15, 0.2) is 65.8 Å². The molecule has 0 aliphatic carbocycles. The summed E-state index contributed by atoms with van der Waals surface area (Å²) in [6.45, 7) is 3.48. The SMILES string of the molecule is CCn1cc(-c2c[n+](CCC#N)c3ccccn3c2=O)c2ccccc21. The third-order valence-electron chi connectivity index (χ3n) is 4.75. The Balaban J connectivity index is 2.05. The maximum Gasteiger partial charge on any atom is 0.350 e. The van der Waals surface area contributed by atoms with Crippen LogP contribution in [0.2, 0.25) is 0 Å². The zero-order valence-electron chi connectivity index (χ0n) is 14.6. The van der Waals surface area contributed by atoms with Crippen LogP contribution in [-0.2, 0) is 13.1 Å². The number of hydrogen-bond acceptors (Lipinski definition) is 2. The van der Waals surface area contributed by atoms with E-state index >= 15 is 0 Å². The standard InChI is InChI=1S/C21H19N4O/c1-2-23-14-17(16-8-3-4-9-19(16)23)18-15-24(12-7-11-22)20-10-5-6-13-25(20)21(18)26/h3-6,8-10,13-15H,2,7,12H2,1H3/q+1. The van der Waals surface area contributed by atoms with E-state index in [9.17, 15) is 4.79 Å². The number of fused-ring (bicyclic) bond motifs is 2. The van der Waals surface area contributed by atoms with E-state index < -0.39 is 0 Å². The predicted octanol–water partition coefficient (Wildman–Crippen LogP) is 3.14. The first-order valence-electron chi connectivity index (χ1n) is 8.73. The van der Waals surface area contributed by atoms with Gasteiger partial charge in [0, 0.05) is 35.3 Å². The number of aromatic nitrogens is 3. The van der Waals surface area contributed by atoms with Crippen LogP contribution < -0.4 is 10.1 Å². The molecule has 0 spiro atoms. The van der Waals surface area contributed by atoms with E-state index in [1.165, 1.54) is 0 Å². The van der Waals surface area contributed by atoms with Gasteiger partial charge in [0.2, 0.25) is 0 Å². The molecular formula is C21H19N4O+. The van der Waals surface area contributed by atoms with Gasteiger partial charge in [-0.1, -0.05) is 24.3 Å². The van der Waals surface area contributed by atoms with Gasteiger partial charge in [-0.15, -0.1) is 0 Å². The van der Waals surface area contributed by atoms with Crippen LogP contribution in [0.1, 0.15) is 13.3 Å². The molecule has 4 aromatic rings. The van der Waals surface area contributed by atoms with Gasteiger partial charge in [0.1, 0.15) is 18.3 Å². The fourth-order valence-electron chi connectivity index (χ4n) is 3.50. The molecule has 0 atom stereocenters. The highest BCUT2D eigenvalue weighted by Crippen LogP contribution is 2.28. The second-order valence-electron chi connectivity index (χ2n) is 6.22. The number of para-hydroxylation sites is 1. The van der Waals surface area contributed by atoms with Gasteiger partial charge in [-0.05, 0) is 19.1 Å². The summed E-state index contributed by atoms with van der Waals surface area (Å²) >= 11 is 0. The van der Waals surface area contributed by atoms with E-state index in [0.717, 1.165) is 28.7 Å².